The van der Waals surface area contributed by atoms with Gasteiger partial charge in [0, 0.05) is 6.04 Å². The summed E-state index contributed by atoms with van der Waals surface area (Å²) in [5.41, 5.74) is 3.52. The molecule has 1 aliphatic rings. The molecular weight excluding hydrogens is 292 g/mol. The van der Waals surface area contributed by atoms with Crippen LogP contribution in [-0.4, -0.2) is 29.7 Å². The van der Waals surface area contributed by atoms with Gasteiger partial charge < -0.3 is 5.32 Å². The first kappa shape index (κ1) is 17.0. The summed E-state index contributed by atoms with van der Waals surface area (Å²) in [7, 11) is 0. The van der Waals surface area contributed by atoms with Gasteiger partial charge in [-0.25, -0.2) is 10.0 Å². The lowest BCUT2D eigenvalue weighted by atomic mass is 10.0. The predicted octanol–water partition coefficient (Wildman–Crippen LogP) is 1.88. The number of benzene rings is 1. The van der Waals surface area contributed by atoms with Gasteiger partial charge in [0.25, 0.3) is 11.8 Å². The van der Waals surface area contributed by atoms with Crippen LogP contribution in [0.4, 0.5) is 5.69 Å². The number of nitrogens with zero attached hydrogens (tertiary/aromatic N) is 2. The number of carbonyl (C=O) groups excluding carboxylic acids is 2. The maximum absolute atomic E-state index is 12.5. The molecule has 124 valence electrons. The third-order valence-electron chi connectivity index (χ3n) is 3.91. The molecule has 23 heavy (non-hydrogen) atoms. The van der Waals surface area contributed by atoms with Crippen LogP contribution in [0, 0.1) is 5.92 Å². The Morgan fingerprint density at radius 2 is 2.00 bits per heavy atom. The molecule has 1 aromatic rings. The summed E-state index contributed by atoms with van der Waals surface area (Å²) in [6.45, 7) is 7.84. The van der Waals surface area contributed by atoms with Crippen LogP contribution in [0.15, 0.2) is 35.3 Å². The molecule has 0 aromatic heterocycles. The maximum atomic E-state index is 12.5. The first-order valence-electron chi connectivity index (χ1n) is 7.98. The fourth-order valence-corrected chi connectivity index (χ4v) is 2.48. The lowest BCUT2D eigenvalue weighted by molar-refractivity contribution is -0.120. The molecule has 2 rings (SSSR count). The summed E-state index contributed by atoms with van der Waals surface area (Å²) in [6, 6.07) is 8.64. The van der Waals surface area contributed by atoms with Gasteiger partial charge in [-0.3, -0.25) is 15.0 Å². The number of amidine groups is 1. The largest absolute Gasteiger partial charge is 0.346 e. The standard InChI is InChI=1S/C17H24N4O2/c1-5-14(11(2)3)19-16(22)15-18-12(4)17(23)21(20-15)13-9-7-6-8-10-13/h6-12,14H,5H2,1-4H3,(H,18,20)(H,19,22)/t12-,14+/m0/s1. The van der Waals surface area contributed by atoms with E-state index >= 15 is 0 Å². The molecule has 1 aromatic carbocycles. The third-order valence-corrected chi connectivity index (χ3v) is 3.91. The van der Waals surface area contributed by atoms with Crippen LogP contribution >= 0.6 is 0 Å². The van der Waals surface area contributed by atoms with Gasteiger partial charge >= 0.3 is 0 Å². The predicted molar refractivity (Wildman–Crippen MR) is 91.0 cm³/mol. The van der Waals surface area contributed by atoms with Crippen LogP contribution in [0.2, 0.25) is 0 Å². The Bertz CT molecular complexity index is 598. The normalized spacial score (nSPS) is 19.2. The van der Waals surface area contributed by atoms with Gasteiger partial charge in [0.05, 0.1) is 5.69 Å². The first-order valence-corrected chi connectivity index (χ1v) is 7.98. The zero-order valence-corrected chi connectivity index (χ0v) is 14.0. The number of aliphatic imine (C=N–C) groups is 1. The maximum Gasteiger partial charge on any atom is 0.288 e. The SMILES string of the molecule is CC[C@@H](NC(=O)C1=N[C@@H](C)C(=O)N(c2ccccc2)N1)C(C)C. The molecular formula is C17H24N4O2. The molecule has 0 saturated carbocycles. The number of amides is 2. The Hall–Kier alpha value is -2.37. The van der Waals surface area contributed by atoms with E-state index < -0.39 is 6.04 Å². The van der Waals surface area contributed by atoms with Crippen molar-refractivity contribution in [3.63, 3.8) is 0 Å². The summed E-state index contributed by atoms with van der Waals surface area (Å²) >= 11 is 0. The van der Waals surface area contributed by atoms with Gasteiger partial charge in [0.2, 0.25) is 5.84 Å². The van der Waals surface area contributed by atoms with Crippen LogP contribution < -0.4 is 15.8 Å². The zero-order chi connectivity index (χ0) is 17.0. The van der Waals surface area contributed by atoms with E-state index in [1.54, 1.807) is 19.1 Å². The monoisotopic (exact) mass is 316 g/mol. The summed E-state index contributed by atoms with van der Waals surface area (Å²) < 4.78 is 0. The molecule has 2 amide bonds. The van der Waals surface area contributed by atoms with E-state index in [1.165, 1.54) is 5.01 Å². The van der Waals surface area contributed by atoms with Gasteiger partial charge in [-0.1, -0.05) is 39.0 Å². The van der Waals surface area contributed by atoms with Crippen LogP contribution in [-0.2, 0) is 9.59 Å². The number of hydrazine groups is 1. The Morgan fingerprint density at radius 3 is 2.57 bits per heavy atom. The third kappa shape index (κ3) is 3.88. The Labute approximate surface area is 136 Å². The van der Waals surface area contributed by atoms with Gasteiger partial charge in [0.1, 0.15) is 6.04 Å². The molecule has 0 spiro atoms. The van der Waals surface area contributed by atoms with Gasteiger partial charge in [-0.15, -0.1) is 0 Å². The molecule has 6 nitrogen and oxygen atoms in total. The lowest BCUT2D eigenvalue weighted by Gasteiger charge is -2.31. The van der Waals surface area contributed by atoms with Crippen molar-refractivity contribution < 1.29 is 9.59 Å². The molecule has 2 N–H and O–H groups in total. The summed E-state index contributed by atoms with van der Waals surface area (Å²) in [6.07, 6.45) is 0.841. The van der Waals surface area contributed by atoms with Gasteiger partial charge in [0.15, 0.2) is 0 Å². The average molecular weight is 316 g/mol. The minimum absolute atomic E-state index is 0.0742. The number of nitrogens with one attached hydrogen (secondary N) is 2. The van der Waals surface area contributed by atoms with E-state index in [2.05, 4.69) is 29.6 Å². The first-order chi connectivity index (χ1) is 10.9. The van der Waals surface area contributed by atoms with E-state index in [0.29, 0.717) is 11.6 Å². The molecule has 0 saturated heterocycles. The zero-order valence-electron chi connectivity index (χ0n) is 14.0. The van der Waals surface area contributed by atoms with Crippen LogP contribution in [0.1, 0.15) is 34.1 Å². The number of anilines is 1. The summed E-state index contributed by atoms with van der Waals surface area (Å²) in [5.74, 6) is 0.0203. The molecule has 2 atom stereocenters. The minimum Gasteiger partial charge on any atom is -0.346 e. The molecule has 0 fully saturated rings. The Kier molecular flexibility index (Phi) is 5.36. The van der Waals surface area contributed by atoms with Crippen LogP contribution in [0.25, 0.3) is 0 Å². The van der Waals surface area contributed by atoms with E-state index in [9.17, 15) is 9.59 Å². The van der Waals surface area contributed by atoms with Crippen molar-refractivity contribution in [1.29, 1.82) is 0 Å². The van der Waals surface area contributed by atoms with Crippen molar-refractivity contribution in [3.05, 3.63) is 30.3 Å². The smallest absolute Gasteiger partial charge is 0.288 e. The molecule has 0 bridgehead atoms. The number of hydrogen-bond donors (Lipinski definition) is 2. The highest BCUT2D eigenvalue weighted by molar-refractivity contribution is 6.39. The number of para-hydroxylation sites is 1. The van der Waals surface area contributed by atoms with E-state index in [-0.39, 0.29) is 23.7 Å². The number of carbonyl (C=O) groups is 2. The topological polar surface area (TPSA) is 73.8 Å². The van der Waals surface area contributed by atoms with Crippen LogP contribution in [0.3, 0.4) is 0 Å². The molecule has 0 aliphatic carbocycles. The van der Waals surface area contributed by atoms with Crippen molar-refractivity contribution in [2.75, 3.05) is 5.01 Å². The molecule has 1 heterocycles. The quantitative estimate of drug-likeness (QED) is 0.871. The molecule has 0 unspecified atom stereocenters. The average Bonchev–Trinajstić information content (AvgIpc) is 2.55. The highest BCUT2D eigenvalue weighted by Gasteiger charge is 2.31. The lowest BCUT2D eigenvalue weighted by Crippen LogP contribution is -2.59. The second kappa shape index (κ2) is 7.26. The Morgan fingerprint density at radius 1 is 1.35 bits per heavy atom. The number of rotatable bonds is 5. The van der Waals surface area contributed by atoms with Crippen molar-refractivity contribution >= 4 is 23.3 Å². The molecule has 6 heteroatoms. The van der Waals surface area contributed by atoms with Gasteiger partial charge in [-0.05, 0) is 31.4 Å². The fraction of sp³-hybridized carbons (Fsp3) is 0.471. The summed E-state index contributed by atoms with van der Waals surface area (Å²) in [5, 5.41) is 4.35. The van der Waals surface area contributed by atoms with Crippen LogP contribution in [0.5, 0.6) is 0 Å². The van der Waals surface area contributed by atoms with Crippen molar-refractivity contribution in [1.82, 2.24) is 10.7 Å². The van der Waals surface area contributed by atoms with Crippen molar-refractivity contribution in [2.24, 2.45) is 10.9 Å². The van der Waals surface area contributed by atoms with E-state index in [0.717, 1.165) is 6.42 Å². The summed E-state index contributed by atoms with van der Waals surface area (Å²) in [4.78, 5) is 29.0. The van der Waals surface area contributed by atoms with Crippen molar-refractivity contribution in [2.45, 2.75) is 46.2 Å². The minimum atomic E-state index is -0.601. The number of hydrogen-bond acceptors (Lipinski definition) is 4. The Balaban J connectivity index is 2.18. The highest BCUT2D eigenvalue weighted by Crippen LogP contribution is 2.16. The second-order valence-electron chi connectivity index (χ2n) is 6.01. The van der Waals surface area contributed by atoms with Crippen molar-refractivity contribution in [3.8, 4) is 0 Å². The molecule has 0 radical (unpaired) electrons. The second-order valence-corrected chi connectivity index (χ2v) is 6.01. The highest BCUT2D eigenvalue weighted by atomic mass is 16.2. The molecule has 1 aliphatic heterocycles. The fourth-order valence-electron chi connectivity index (χ4n) is 2.48. The van der Waals surface area contributed by atoms with Gasteiger partial charge in [-0.2, -0.15) is 0 Å². The van der Waals surface area contributed by atoms with E-state index in [4.69, 9.17) is 0 Å². The van der Waals surface area contributed by atoms with E-state index in [1.807, 2.05) is 25.1 Å².